The second-order valence-electron chi connectivity index (χ2n) is 8.38. The summed E-state index contributed by atoms with van der Waals surface area (Å²) in [5.74, 6) is 0.470. The van der Waals surface area contributed by atoms with Gasteiger partial charge in [-0.15, -0.1) is 0 Å². The molecule has 35 heavy (non-hydrogen) atoms. The van der Waals surface area contributed by atoms with E-state index < -0.39 is 18.2 Å². The molecule has 6 rings (SSSR count). The Kier molecular flexibility index (Phi) is 4.72. The monoisotopic (exact) mass is 472 g/mol. The maximum atomic E-state index is 13.7. The van der Waals surface area contributed by atoms with Gasteiger partial charge in [0.25, 0.3) is 6.43 Å². The number of hydrogen-bond acceptors (Lipinski definition) is 7. The topological polar surface area (TPSA) is 108 Å². The highest BCUT2D eigenvalue weighted by Gasteiger charge is 2.33. The third-order valence-corrected chi connectivity index (χ3v) is 6.18. The molecule has 1 aliphatic rings. The predicted octanol–water partition coefficient (Wildman–Crippen LogP) is 3.43. The summed E-state index contributed by atoms with van der Waals surface area (Å²) in [6.07, 6.45) is 1.75. The number of halogens is 2. The average molecular weight is 472 g/mol. The summed E-state index contributed by atoms with van der Waals surface area (Å²) < 4.78 is 30.4. The number of aliphatic hydroxyl groups excluding tert-OH is 1. The van der Waals surface area contributed by atoms with E-state index in [0.29, 0.717) is 35.9 Å². The normalized spacial score (nSPS) is 14.1. The van der Waals surface area contributed by atoms with Gasteiger partial charge in [-0.2, -0.15) is 20.0 Å². The van der Waals surface area contributed by atoms with E-state index in [2.05, 4.69) is 20.2 Å². The molecule has 9 nitrogen and oxygen atoms in total. The Morgan fingerprint density at radius 3 is 2.71 bits per heavy atom. The maximum Gasteiger partial charge on any atom is 0.283 e. The number of anilines is 1. The summed E-state index contributed by atoms with van der Waals surface area (Å²) in [7, 11) is 0. The second kappa shape index (κ2) is 7.82. The third kappa shape index (κ3) is 3.22. The van der Waals surface area contributed by atoms with Gasteiger partial charge in [-0.05, 0) is 36.6 Å². The molecule has 0 atom stereocenters. The van der Waals surface area contributed by atoms with Crippen LogP contribution in [0, 0.1) is 18.3 Å². The summed E-state index contributed by atoms with van der Waals surface area (Å²) in [6, 6.07) is 11.4. The summed E-state index contributed by atoms with van der Waals surface area (Å²) in [5, 5.41) is 29.7. The Labute approximate surface area is 197 Å². The van der Waals surface area contributed by atoms with Gasteiger partial charge in [0.1, 0.15) is 23.1 Å². The molecule has 0 amide bonds. The summed E-state index contributed by atoms with van der Waals surface area (Å²) in [5.41, 5.74) is 1.78. The van der Waals surface area contributed by atoms with Crippen molar-refractivity contribution in [1.82, 2.24) is 29.4 Å². The number of nitriles is 1. The minimum atomic E-state index is -2.93. The van der Waals surface area contributed by atoms with Crippen LogP contribution in [-0.2, 0) is 0 Å². The minimum Gasteiger partial charge on any atom is -0.389 e. The number of rotatable bonds is 4. The zero-order chi connectivity index (χ0) is 24.3. The van der Waals surface area contributed by atoms with Crippen molar-refractivity contribution in [3.63, 3.8) is 0 Å². The molecule has 0 saturated carbocycles. The molecule has 174 valence electrons. The largest absolute Gasteiger partial charge is 0.389 e. The van der Waals surface area contributed by atoms with E-state index in [1.54, 1.807) is 24.0 Å². The van der Waals surface area contributed by atoms with Crippen LogP contribution in [0.1, 0.15) is 23.4 Å². The molecule has 0 aliphatic carbocycles. The number of nitrogens with zero attached hydrogens (tertiary/aromatic N) is 8. The van der Waals surface area contributed by atoms with Crippen LogP contribution < -0.4 is 4.90 Å². The van der Waals surface area contributed by atoms with Crippen LogP contribution in [0.5, 0.6) is 0 Å². The number of benzene rings is 1. The van der Waals surface area contributed by atoms with Crippen LogP contribution in [0.3, 0.4) is 0 Å². The summed E-state index contributed by atoms with van der Waals surface area (Å²) in [6.45, 7) is 2.35. The van der Waals surface area contributed by atoms with Gasteiger partial charge >= 0.3 is 0 Å². The molecule has 5 aromatic rings. The van der Waals surface area contributed by atoms with Gasteiger partial charge in [0, 0.05) is 37.1 Å². The van der Waals surface area contributed by atoms with Crippen LogP contribution in [-0.4, -0.2) is 53.7 Å². The van der Waals surface area contributed by atoms with E-state index in [9.17, 15) is 19.1 Å². The van der Waals surface area contributed by atoms with Gasteiger partial charge in [-0.3, -0.25) is 4.98 Å². The smallest absolute Gasteiger partial charge is 0.283 e. The van der Waals surface area contributed by atoms with Crippen molar-refractivity contribution in [2.75, 3.05) is 18.0 Å². The number of pyridine rings is 1. The molecule has 1 fully saturated rings. The fourth-order valence-corrected chi connectivity index (χ4v) is 4.55. The average Bonchev–Trinajstić information content (AvgIpc) is 3.49. The van der Waals surface area contributed by atoms with Crippen molar-refractivity contribution in [1.29, 1.82) is 5.26 Å². The van der Waals surface area contributed by atoms with Crippen molar-refractivity contribution >= 4 is 22.2 Å². The molecule has 1 N–H and O–H groups in total. The highest BCUT2D eigenvalue weighted by atomic mass is 19.3. The summed E-state index contributed by atoms with van der Waals surface area (Å²) >= 11 is 0. The lowest BCUT2D eigenvalue weighted by atomic mass is 10.0. The Hall–Kier alpha value is -4.43. The fourth-order valence-electron chi connectivity index (χ4n) is 4.55. The lowest BCUT2D eigenvalue weighted by Crippen LogP contribution is -2.52. The Bertz CT molecular complexity index is 1630. The van der Waals surface area contributed by atoms with E-state index in [1.165, 1.54) is 4.52 Å². The first-order valence-corrected chi connectivity index (χ1v) is 10.9. The van der Waals surface area contributed by atoms with Crippen LogP contribution in [0.2, 0.25) is 0 Å². The molecule has 11 heteroatoms. The number of β-amino-alcohol motifs (C(OH)–C–C–N with tert-alkyl or cyclic N) is 1. The van der Waals surface area contributed by atoms with E-state index in [0.717, 1.165) is 16.5 Å². The van der Waals surface area contributed by atoms with Gasteiger partial charge in [-0.1, -0.05) is 6.07 Å². The molecule has 0 radical (unpaired) electrons. The van der Waals surface area contributed by atoms with Crippen molar-refractivity contribution < 1.29 is 13.9 Å². The zero-order valence-electron chi connectivity index (χ0n) is 18.5. The van der Waals surface area contributed by atoms with E-state index in [4.69, 9.17) is 0 Å². The lowest BCUT2D eigenvalue weighted by Gasteiger charge is -2.39. The molecule has 1 saturated heterocycles. The molecule has 1 aromatic carbocycles. The Morgan fingerprint density at radius 1 is 1.20 bits per heavy atom. The molecular weight excluding hydrogens is 454 g/mol. The van der Waals surface area contributed by atoms with Crippen molar-refractivity contribution in [3.8, 4) is 23.0 Å². The molecule has 5 heterocycles. The first kappa shape index (κ1) is 21.1. The summed E-state index contributed by atoms with van der Waals surface area (Å²) in [4.78, 5) is 11.0. The highest BCUT2D eigenvalue weighted by Crippen LogP contribution is 2.39. The van der Waals surface area contributed by atoms with Crippen LogP contribution in [0.15, 0.2) is 48.9 Å². The molecule has 4 aromatic heterocycles. The van der Waals surface area contributed by atoms with Crippen molar-refractivity contribution in [2.45, 2.75) is 19.5 Å². The number of fused-ring (bicyclic) bond motifs is 2. The molecule has 1 aliphatic heterocycles. The minimum absolute atomic E-state index is 0.0571. The van der Waals surface area contributed by atoms with Gasteiger partial charge in [0.05, 0.1) is 28.7 Å². The third-order valence-electron chi connectivity index (χ3n) is 6.18. The van der Waals surface area contributed by atoms with Crippen molar-refractivity contribution in [2.24, 2.45) is 0 Å². The Morgan fingerprint density at radius 2 is 2.03 bits per heavy atom. The lowest BCUT2D eigenvalue weighted by molar-refractivity contribution is 0.140. The van der Waals surface area contributed by atoms with E-state index >= 15 is 0 Å². The Balaban J connectivity index is 1.64. The van der Waals surface area contributed by atoms with E-state index in [1.807, 2.05) is 47.5 Å². The van der Waals surface area contributed by atoms with Gasteiger partial charge in [0.15, 0.2) is 5.65 Å². The number of hydrogen-bond donors (Lipinski definition) is 1. The van der Waals surface area contributed by atoms with E-state index in [-0.39, 0.29) is 11.2 Å². The van der Waals surface area contributed by atoms with Gasteiger partial charge < -0.3 is 10.0 Å². The number of alkyl halides is 2. The van der Waals surface area contributed by atoms with Gasteiger partial charge in [0.2, 0.25) is 0 Å². The fraction of sp³-hybridized carbons (Fsp3) is 0.208. The zero-order valence-corrected chi connectivity index (χ0v) is 18.5. The molecule has 0 spiro atoms. The number of aromatic nitrogens is 6. The molecule has 0 unspecified atom stereocenters. The van der Waals surface area contributed by atoms with Gasteiger partial charge in [-0.25, -0.2) is 18.4 Å². The SMILES string of the molecule is Cc1nc2c(C#N)c(C(F)F)nn2c(N2CC(O)C2)c1-c1nccc2cc(-n3cccn3)ccc12. The number of aryl methyl sites for hydroxylation is 1. The van der Waals surface area contributed by atoms with Crippen LogP contribution in [0.4, 0.5) is 14.6 Å². The maximum absolute atomic E-state index is 13.7. The molecule has 0 bridgehead atoms. The van der Waals surface area contributed by atoms with Crippen LogP contribution >= 0.6 is 0 Å². The highest BCUT2D eigenvalue weighted by molar-refractivity contribution is 5.99. The number of aliphatic hydroxyl groups is 1. The predicted molar refractivity (Wildman–Crippen MR) is 123 cm³/mol. The quantitative estimate of drug-likeness (QED) is 0.427. The standard InChI is InChI=1S/C24H18F2N8O/c1-13-19(20-17-4-3-15(33-8-2-6-29-33)9-14(17)5-7-28-20)24(32-11-16(35)12-32)34-23(30-13)18(10-27)21(31-34)22(25)26/h2-9,16,22,35H,11-12H2,1H3. The first-order chi connectivity index (χ1) is 17.0. The van der Waals surface area contributed by atoms with Crippen molar-refractivity contribution in [3.05, 3.63) is 65.9 Å². The second-order valence-corrected chi connectivity index (χ2v) is 8.38. The molecular formula is C24H18F2N8O. The first-order valence-electron chi connectivity index (χ1n) is 10.9. The van der Waals surface area contributed by atoms with Crippen LogP contribution in [0.25, 0.3) is 33.4 Å².